The average molecular weight is 223 g/mol. The summed E-state index contributed by atoms with van der Waals surface area (Å²) in [6.45, 7) is 6.30. The number of hydrogen-bond acceptors (Lipinski definition) is 0. The Morgan fingerprint density at radius 3 is 2.50 bits per heavy atom. The van der Waals surface area contributed by atoms with Crippen LogP contribution in [0, 0.1) is 17.0 Å². The van der Waals surface area contributed by atoms with Crippen molar-refractivity contribution in [2.45, 2.75) is 27.2 Å². The molecule has 0 aliphatic carbocycles. The highest BCUT2D eigenvalue weighted by molar-refractivity contribution is 5.83. The third-order valence-electron chi connectivity index (χ3n) is 2.51. The van der Waals surface area contributed by atoms with Crippen LogP contribution in [0.15, 0.2) is 18.3 Å². The third-order valence-corrected chi connectivity index (χ3v) is 2.51. The van der Waals surface area contributed by atoms with Crippen LogP contribution >= 0.6 is 0 Å². The van der Waals surface area contributed by atoms with Gasteiger partial charge in [-0.25, -0.2) is 8.78 Å². The molecule has 16 heavy (non-hydrogen) atoms. The molecule has 0 unspecified atom stereocenters. The molecule has 0 atom stereocenters. The first-order valence-corrected chi connectivity index (χ1v) is 5.32. The standard InChI is InChI=1S/C13H15F2N/c1-13(2,3)6-8-7-16-12-10(8)4-9(14)5-11(12)15/h4-5,7,16H,6H2,1-3H3. The number of aromatic nitrogens is 1. The minimum atomic E-state index is -0.532. The Balaban J connectivity index is 2.56. The summed E-state index contributed by atoms with van der Waals surface area (Å²) in [6.07, 6.45) is 2.55. The van der Waals surface area contributed by atoms with E-state index in [4.69, 9.17) is 0 Å². The predicted octanol–water partition coefficient (Wildman–Crippen LogP) is 4.03. The smallest absolute Gasteiger partial charge is 0.150 e. The molecule has 1 aromatic carbocycles. The largest absolute Gasteiger partial charge is 0.359 e. The van der Waals surface area contributed by atoms with Crippen LogP contribution in [-0.2, 0) is 6.42 Å². The summed E-state index contributed by atoms with van der Waals surface area (Å²) in [5.74, 6) is -1.06. The zero-order valence-electron chi connectivity index (χ0n) is 9.70. The minimum Gasteiger partial charge on any atom is -0.359 e. The van der Waals surface area contributed by atoms with Gasteiger partial charge in [-0.15, -0.1) is 0 Å². The number of fused-ring (bicyclic) bond motifs is 1. The Labute approximate surface area is 93.5 Å². The number of hydrogen-bond donors (Lipinski definition) is 1. The van der Waals surface area contributed by atoms with E-state index in [0.29, 0.717) is 10.9 Å². The number of halogens is 2. The topological polar surface area (TPSA) is 15.8 Å². The lowest BCUT2D eigenvalue weighted by Crippen LogP contribution is -2.08. The van der Waals surface area contributed by atoms with Gasteiger partial charge in [0.25, 0.3) is 0 Å². The summed E-state index contributed by atoms with van der Waals surface area (Å²) >= 11 is 0. The highest BCUT2D eigenvalue weighted by Gasteiger charge is 2.16. The second kappa shape index (κ2) is 3.58. The van der Waals surface area contributed by atoms with Gasteiger partial charge in [-0.2, -0.15) is 0 Å². The van der Waals surface area contributed by atoms with E-state index in [2.05, 4.69) is 25.8 Å². The van der Waals surface area contributed by atoms with E-state index in [0.717, 1.165) is 18.1 Å². The average Bonchev–Trinajstić information content (AvgIpc) is 2.46. The van der Waals surface area contributed by atoms with Gasteiger partial charge in [0.15, 0.2) is 0 Å². The molecule has 0 saturated carbocycles. The fraction of sp³-hybridized carbons (Fsp3) is 0.385. The molecule has 1 nitrogen and oxygen atoms in total. The van der Waals surface area contributed by atoms with E-state index in [9.17, 15) is 8.78 Å². The number of nitrogens with one attached hydrogen (secondary N) is 1. The zero-order valence-corrected chi connectivity index (χ0v) is 9.70. The van der Waals surface area contributed by atoms with Gasteiger partial charge in [0.05, 0.1) is 5.52 Å². The van der Waals surface area contributed by atoms with Crippen LogP contribution < -0.4 is 0 Å². The van der Waals surface area contributed by atoms with E-state index in [1.807, 2.05) is 0 Å². The maximum Gasteiger partial charge on any atom is 0.150 e. The van der Waals surface area contributed by atoms with Gasteiger partial charge in [-0.05, 0) is 23.5 Å². The molecule has 0 spiro atoms. The SMILES string of the molecule is CC(C)(C)Cc1c[nH]c2c(F)cc(F)cc12. The van der Waals surface area contributed by atoms with Crippen LogP contribution in [0.3, 0.4) is 0 Å². The van der Waals surface area contributed by atoms with Crippen LogP contribution in [0.1, 0.15) is 26.3 Å². The number of H-pyrrole nitrogens is 1. The second-order valence-corrected chi connectivity index (χ2v) is 5.36. The van der Waals surface area contributed by atoms with Gasteiger partial charge in [-0.1, -0.05) is 20.8 Å². The van der Waals surface area contributed by atoms with Crippen LogP contribution in [0.2, 0.25) is 0 Å². The maximum absolute atomic E-state index is 13.4. The van der Waals surface area contributed by atoms with Crippen molar-refractivity contribution in [1.29, 1.82) is 0 Å². The Kier molecular flexibility index (Phi) is 2.49. The molecular formula is C13H15F2N. The fourth-order valence-corrected chi connectivity index (χ4v) is 1.93. The maximum atomic E-state index is 13.4. The Hall–Kier alpha value is -1.38. The van der Waals surface area contributed by atoms with E-state index in [-0.39, 0.29) is 5.41 Å². The monoisotopic (exact) mass is 223 g/mol. The molecule has 0 saturated heterocycles. The number of aromatic amines is 1. The molecule has 2 aromatic rings. The minimum absolute atomic E-state index is 0.0952. The molecule has 2 rings (SSSR count). The van der Waals surface area contributed by atoms with Crippen molar-refractivity contribution in [3.63, 3.8) is 0 Å². The van der Waals surface area contributed by atoms with Gasteiger partial charge in [0.2, 0.25) is 0 Å². The lowest BCUT2D eigenvalue weighted by Gasteiger charge is -2.17. The summed E-state index contributed by atoms with van der Waals surface area (Å²) in [4.78, 5) is 2.86. The normalized spacial score (nSPS) is 12.3. The summed E-state index contributed by atoms with van der Waals surface area (Å²) < 4.78 is 26.6. The summed E-state index contributed by atoms with van der Waals surface area (Å²) in [5.41, 5.74) is 1.44. The van der Waals surface area contributed by atoms with Crippen LogP contribution in [-0.4, -0.2) is 4.98 Å². The zero-order chi connectivity index (χ0) is 11.9. The second-order valence-electron chi connectivity index (χ2n) is 5.36. The van der Waals surface area contributed by atoms with Gasteiger partial charge in [0, 0.05) is 17.6 Å². The fourth-order valence-electron chi connectivity index (χ4n) is 1.93. The van der Waals surface area contributed by atoms with Gasteiger partial charge >= 0.3 is 0 Å². The molecule has 0 amide bonds. The van der Waals surface area contributed by atoms with Crippen molar-refractivity contribution >= 4 is 10.9 Å². The molecular weight excluding hydrogens is 208 g/mol. The molecule has 0 radical (unpaired) electrons. The van der Waals surface area contributed by atoms with Crippen molar-refractivity contribution in [3.8, 4) is 0 Å². The highest BCUT2D eigenvalue weighted by Crippen LogP contribution is 2.28. The molecule has 0 aliphatic rings. The van der Waals surface area contributed by atoms with E-state index >= 15 is 0 Å². The van der Waals surface area contributed by atoms with Crippen LogP contribution in [0.5, 0.6) is 0 Å². The lowest BCUT2D eigenvalue weighted by atomic mass is 9.88. The van der Waals surface area contributed by atoms with Crippen LogP contribution in [0.4, 0.5) is 8.78 Å². The number of benzene rings is 1. The first-order chi connectivity index (χ1) is 7.37. The lowest BCUT2D eigenvalue weighted by molar-refractivity contribution is 0.412. The van der Waals surface area contributed by atoms with E-state index in [1.165, 1.54) is 6.07 Å². The summed E-state index contributed by atoms with van der Waals surface area (Å²) in [5, 5.41) is 0.646. The molecule has 1 heterocycles. The van der Waals surface area contributed by atoms with Crippen molar-refractivity contribution in [2.24, 2.45) is 5.41 Å². The number of rotatable bonds is 1. The Morgan fingerprint density at radius 2 is 1.88 bits per heavy atom. The predicted molar refractivity (Wildman–Crippen MR) is 61.4 cm³/mol. The first kappa shape index (κ1) is 11.1. The molecule has 86 valence electrons. The van der Waals surface area contributed by atoms with Crippen molar-refractivity contribution in [1.82, 2.24) is 4.98 Å². The van der Waals surface area contributed by atoms with Crippen molar-refractivity contribution < 1.29 is 8.78 Å². The van der Waals surface area contributed by atoms with Gasteiger partial charge < -0.3 is 4.98 Å². The molecule has 1 aromatic heterocycles. The third kappa shape index (κ3) is 2.08. The highest BCUT2D eigenvalue weighted by atomic mass is 19.1. The van der Waals surface area contributed by atoms with Crippen LogP contribution in [0.25, 0.3) is 10.9 Å². The Morgan fingerprint density at radius 1 is 1.19 bits per heavy atom. The quantitative estimate of drug-likeness (QED) is 0.751. The summed E-state index contributed by atoms with van der Waals surface area (Å²) in [6, 6.07) is 2.29. The van der Waals surface area contributed by atoms with Crippen molar-refractivity contribution in [2.75, 3.05) is 0 Å². The Bertz CT molecular complexity index is 520. The van der Waals surface area contributed by atoms with Crippen molar-refractivity contribution in [3.05, 3.63) is 35.5 Å². The molecule has 0 fully saturated rings. The van der Waals surface area contributed by atoms with E-state index in [1.54, 1.807) is 6.20 Å². The first-order valence-electron chi connectivity index (χ1n) is 5.32. The molecule has 1 N–H and O–H groups in total. The summed E-state index contributed by atoms with van der Waals surface area (Å²) in [7, 11) is 0. The van der Waals surface area contributed by atoms with Gasteiger partial charge in [0.1, 0.15) is 11.6 Å². The molecule has 3 heteroatoms. The van der Waals surface area contributed by atoms with E-state index < -0.39 is 11.6 Å². The van der Waals surface area contributed by atoms with Gasteiger partial charge in [-0.3, -0.25) is 0 Å². The molecule has 0 bridgehead atoms. The molecule has 0 aliphatic heterocycles.